The Labute approximate surface area is 190 Å². The Balaban J connectivity index is 1.43. The Morgan fingerprint density at radius 1 is 1.13 bits per heavy atom. The van der Waals surface area contributed by atoms with Gasteiger partial charge in [-0.15, -0.1) is 0 Å². The lowest BCUT2D eigenvalue weighted by Crippen LogP contribution is -2.30. The standard InChI is InChI=1S/C21H15Cl2N3O4S/c1-11(30-16-7-4-12(22)9-14(16)23)19(27)24-13-5-6-15-18(10-13)31-21(25-15)26-20(28)17-3-2-8-29-17/h2-11H,1H3,(H,24,27)(H,25,26,28). The smallest absolute Gasteiger partial charge is 0.293 e. The molecule has 2 aromatic heterocycles. The van der Waals surface area contributed by atoms with Crippen LogP contribution in [0.4, 0.5) is 10.8 Å². The molecule has 0 bridgehead atoms. The number of aromatic nitrogens is 1. The van der Waals surface area contributed by atoms with Crippen LogP contribution in [-0.4, -0.2) is 22.9 Å². The van der Waals surface area contributed by atoms with Gasteiger partial charge in [-0.2, -0.15) is 0 Å². The molecule has 2 aromatic carbocycles. The first-order valence-electron chi connectivity index (χ1n) is 9.07. The summed E-state index contributed by atoms with van der Waals surface area (Å²) < 4.78 is 11.5. The highest BCUT2D eigenvalue weighted by molar-refractivity contribution is 7.22. The fourth-order valence-electron chi connectivity index (χ4n) is 2.68. The number of hydrogen-bond donors (Lipinski definition) is 2. The van der Waals surface area contributed by atoms with E-state index in [1.54, 1.807) is 55.5 Å². The third-order valence-electron chi connectivity index (χ3n) is 4.19. The van der Waals surface area contributed by atoms with Gasteiger partial charge in [0.1, 0.15) is 5.75 Å². The lowest BCUT2D eigenvalue weighted by molar-refractivity contribution is -0.122. The van der Waals surface area contributed by atoms with Crippen molar-refractivity contribution >= 4 is 67.4 Å². The normalized spacial score (nSPS) is 11.8. The van der Waals surface area contributed by atoms with Gasteiger partial charge in [0.25, 0.3) is 11.8 Å². The molecule has 2 amide bonds. The lowest BCUT2D eigenvalue weighted by atomic mass is 10.2. The number of halogens is 2. The summed E-state index contributed by atoms with van der Waals surface area (Å²) in [6.07, 6.45) is 0.632. The third-order valence-corrected chi connectivity index (χ3v) is 5.65. The van der Waals surface area contributed by atoms with Crippen molar-refractivity contribution in [3.63, 3.8) is 0 Å². The molecule has 0 radical (unpaired) electrons. The Morgan fingerprint density at radius 2 is 1.97 bits per heavy atom. The highest BCUT2D eigenvalue weighted by Crippen LogP contribution is 2.30. The van der Waals surface area contributed by atoms with E-state index in [4.69, 9.17) is 32.4 Å². The van der Waals surface area contributed by atoms with Crippen LogP contribution in [0.25, 0.3) is 10.2 Å². The van der Waals surface area contributed by atoms with Gasteiger partial charge in [-0.05, 0) is 55.5 Å². The first-order chi connectivity index (χ1) is 14.9. The van der Waals surface area contributed by atoms with Crippen LogP contribution < -0.4 is 15.4 Å². The van der Waals surface area contributed by atoms with Crippen LogP contribution in [0.15, 0.2) is 59.2 Å². The SMILES string of the molecule is CC(Oc1ccc(Cl)cc1Cl)C(=O)Nc1ccc2nc(NC(=O)c3ccco3)sc2c1. The molecule has 4 aromatic rings. The molecule has 0 aliphatic heterocycles. The van der Waals surface area contributed by atoms with Gasteiger partial charge in [0, 0.05) is 10.7 Å². The predicted octanol–water partition coefficient (Wildman–Crippen LogP) is 5.85. The zero-order valence-corrected chi connectivity index (χ0v) is 18.3. The monoisotopic (exact) mass is 475 g/mol. The molecular weight excluding hydrogens is 461 g/mol. The molecule has 10 heteroatoms. The van der Waals surface area contributed by atoms with Crippen LogP contribution in [0.1, 0.15) is 17.5 Å². The summed E-state index contributed by atoms with van der Waals surface area (Å²) >= 11 is 13.2. The van der Waals surface area contributed by atoms with E-state index in [2.05, 4.69) is 15.6 Å². The van der Waals surface area contributed by atoms with Gasteiger partial charge in [-0.3, -0.25) is 14.9 Å². The number of carbonyl (C=O) groups excluding carboxylic acids is 2. The zero-order chi connectivity index (χ0) is 22.0. The number of furan rings is 1. The van der Waals surface area contributed by atoms with E-state index >= 15 is 0 Å². The molecule has 2 N–H and O–H groups in total. The van der Waals surface area contributed by atoms with Crippen molar-refractivity contribution in [1.29, 1.82) is 0 Å². The van der Waals surface area contributed by atoms with Gasteiger partial charge >= 0.3 is 0 Å². The second-order valence-corrected chi connectivity index (χ2v) is 8.33. The fourth-order valence-corrected chi connectivity index (χ4v) is 4.03. The Morgan fingerprint density at radius 3 is 2.71 bits per heavy atom. The predicted molar refractivity (Wildman–Crippen MR) is 121 cm³/mol. The van der Waals surface area contributed by atoms with E-state index in [-0.39, 0.29) is 17.6 Å². The minimum atomic E-state index is -0.793. The van der Waals surface area contributed by atoms with Crippen molar-refractivity contribution in [2.75, 3.05) is 10.6 Å². The maximum absolute atomic E-state index is 12.5. The van der Waals surface area contributed by atoms with Crippen LogP contribution >= 0.6 is 34.5 Å². The number of carbonyl (C=O) groups is 2. The van der Waals surface area contributed by atoms with Crippen LogP contribution in [0.3, 0.4) is 0 Å². The van der Waals surface area contributed by atoms with Crippen LogP contribution in [0.5, 0.6) is 5.75 Å². The van der Waals surface area contributed by atoms with Gasteiger partial charge < -0.3 is 14.5 Å². The zero-order valence-electron chi connectivity index (χ0n) is 16.0. The Bertz CT molecular complexity index is 1260. The minimum Gasteiger partial charge on any atom is -0.479 e. The Hall–Kier alpha value is -3.07. The number of rotatable bonds is 6. The van der Waals surface area contributed by atoms with Gasteiger partial charge in [-0.25, -0.2) is 4.98 Å². The highest BCUT2D eigenvalue weighted by atomic mass is 35.5. The van der Waals surface area contributed by atoms with E-state index in [0.717, 1.165) is 4.70 Å². The van der Waals surface area contributed by atoms with Gasteiger partial charge in [0.2, 0.25) is 0 Å². The first kappa shape index (κ1) is 21.2. The number of nitrogens with one attached hydrogen (secondary N) is 2. The first-order valence-corrected chi connectivity index (χ1v) is 10.6. The summed E-state index contributed by atoms with van der Waals surface area (Å²) in [5.41, 5.74) is 1.26. The summed E-state index contributed by atoms with van der Waals surface area (Å²) in [6, 6.07) is 13.2. The van der Waals surface area contributed by atoms with E-state index < -0.39 is 6.10 Å². The highest BCUT2D eigenvalue weighted by Gasteiger charge is 2.17. The molecular formula is C21H15Cl2N3O4S. The van der Waals surface area contributed by atoms with Crippen LogP contribution in [-0.2, 0) is 4.79 Å². The maximum Gasteiger partial charge on any atom is 0.293 e. The van der Waals surface area contributed by atoms with Gasteiger partial charge in [0.05, 0.1) is 21.5 Å². The third kappa shape index (κ3) is 4.99. The minimum absolute atomic E-state index is 0.196. The summed E-state index contributed by atoms with van der Waals surface area (Å²) in [4.78, 5) is 29.0. The number of nitrogens with zero attached hydrogens (tertiary/aromatic N) is 1. The second-order valence-electron chi connectivity index (χ2n) is 6.46. The molecule has 0 saturated heterocycles. The average molecular weight is 476 g/mol. The summed E-state index contributed by atoms with van der Waals surface area (Å²) in [7, 11) is 0. The number of fused-ring (bicyclic) bond motifs is 1. The molecule has 0 spiro atoms. The van der Waals surface area contributed by atoms with Crippen molar-refractivity contribution in [2.24, 2.45) is 0 Å². The molecule has 0 saturated carbocycles. The van der Waals surface area contributed by atoms with Gasteiger partial charge in [-0.1, -0.05) is 34.5 Å². The number of benzene rings is 2. The molecule has 31 heavy (non-hydrogen) atoms. The molecule has 1 unspecified atom stereocenters. The van der Waals surface area contributed by atoms with E-state index in [9.17, 15) is 9.59 Å². The van der Waals surface area contributed by atoms with E-state index in [0.29, 0.717) is 32.1 Å². The van der Waals surface area contributed by atoms with Crippen molar-refractivity contribution in [1.82, 2.24) is 4.98 Å². The van der Waals surface area contributed by atoms with Gasteiger partial charge in [0.15, 0.2) is 17.0 Å². The molecule has 2 heterocycles. The van der Waals surface area contributed by atoms with E-state index in [1.165, 1.54) is 17.6 Å². The fraction of sp³-hybridized carbons (Fsp3) is 0.0952. The summed E-state index contributed by atoms with van der Waals surface area (Å²) in [5, 5.41) is 6.72. The van der Waals surface area contributed by atoms with Crippen molar-refractivity contribution < 1.29 is 18.7 Å². The topological polar surface area (TPSA) is 93.5 Å². The van der Waals surface area contributed by atoms with Crippen molar-refractivity contribution in [3.8, 4) is 5.75 Å². The number of thiazole rings is 1. The number of anilines is 2. The Kier molecular flexibility index (Phi) is 6.13. The molecule has 1 atom stereocenters. The number of hydrogen-bond acceptors (Lipinski definition) is 6. The molecule has 0 fully saturated rings. The molecule has 0 aliphatic rings. The van der Waals surface area contributed by atoms with Crippen LogP contribution in [0, 0.1) is 0 Å². The quantitative estimate of drug-likeness (QED) is 0.364. The largest absolute Gasteiger partial charge is 0.479 e. The second kappa shape index (κ2) is 8.97. The molecule has 0 aliphatic carbocycles. The van der Waals surface area contributed by atoms with Crippen molar-refractivity contribution in [2.45, 2.75) is 13.0 Å². The molecule has 7 nitrogen and oxygen atoms in total. The van der Waals surface area contributed by atoms with Crippen molar-refractivity contribution in [3.05, 3.63) is 70.6 Å². The van der Waals surface area contributed by atoms with Crippen LogP contribution in [0.2, 0.25) is 10.0 Å². The summed E-state index contributed by atoms with van der Waals surface area (Å²) in [6.45, 7) is 1.62. The molecule has 158 valence electrons. The molecule has 4 rings (SSSR count). The number of amides is 2. The average Bonchev–Trinajstić information content (AvgIpc) is 3.39. The maximum atomic E-state index is 12.5. The summed E-state index contributed by atoms with van der Waals surface area (Å²) in [5.74, 6) is -0.170. The number of ether oxygens (including phenoxy) is 1. The lowest BCUT2D eigenvalue weighted by Gasteiger charge is -2.15. The van der Waals surface area contributed by atoms with E-state index in [1.807, 2.05) is 0 Å².